The van der Waals surface area contributed by atoms with Crippen LogP contribution in [0.15, 0.2) is 65.6 Å². The van der Waals surface area contributed by atoms with Gasteiger partial charge in [-0.05, 0) is 35.8 Å². The normalized spacial score (nSPS) is 15.5. The van der Waals surface area contributed by atoms with E-state index in [1.54, 1.807) is 36.4 Å². The van der Waals surface area contributed by atoms with Crippen molar-refractivity contribution in [3.63, 3.8) is 0 Å². The maximum Gasteiger partial charge on any atom is 0.246 e. The highest BCUT2D eigenvalue weighted by molar-refractivity contribution is 7.89. The third-order valence-electron chi connectivity index (χ3n) is 5.89. The van der Waals surface area contributed by atoms with Crippen LogP contribution in [-0.4, -0.2) is 74.2 Å². The summed E-state index contributed by atoms with van der Waals surface area (Å²) in [6.07, 6.45) is 4.35. The summed E-state index contributed by atoms with van der Waals surface area (Å²) in [5, 5.41) is 0. The zero-order valence-corrected chi connectivity index (χ0v) is 19.8. The molecule has 0 unspecified atom stereocenters. The lowest BCUT2D eigenvalue weighted by molar-refractivity contribution is -0.127. The van der Waals surface area contributed by atoms with E-state index < -0.39 is 10.0 Å². The van der Waals surface area contributed by atoms with Crippen LogP contribution < -0.4 is 0 Å². The minimum atomic E-state index is -3.46. The van der Waals surface area contributed by atoms with Crippen molar-refractivity contribution in [3.8, 4) is 0 Å². The Kier molecular flexibility index (Phi) is 8.61. The van der Waals surface area contributed by atoms with Crippen LogP contribution in [-0.2, 0) is 21.2 Å². The molecule has 7 heteroatoms. The highest BCUT2D eigenvalue weighted by atomic mass is 32.2. The Bertz CT molecular complexity index is 992. The zero-order valence-electron chi connectivity index (χ0n) is 19.0. The Hall–Kier alpha value is -2.48. The quantitative estimate of drug-likeness (QED) is 0.545. The number of rotatable bonds is 9. The lowest BCUT2D eigenvalue weighted by atomic mass is 10.1. The molecule has 32 heavy (non-hydrogen) atoms. The molecule has 3 rings (SSSR count). The number of hydrogen-bond donors (Lipinski definition) is 0. The number of sulfonamides is 1. The van der Waals surface area contributed by atoms with Crippen molar-refractivity contribution in [2.45, 2.75) is 25.2 Å². The average molecular weight is 456 g/mol. The van der Waals surface area contributed by atoms with Gasteiger partial charge in [-0.3, -0.25) is 9.69 Å². The molecule has 0 spiro atoms. The van der Waals surface area contributed by atoms with Gasteiger partial charge >= 0.3 is 0 Å². The number of carbonyl (C=O) groups is 1. The fourth-order valence-corrected chi connectivity index (χ4v) is 5.32. The molecule has 0 saturated carbocycles. The predicted octanol–water partition coefficient (Wildman–Crippen LogP) is 3.12. The van der Waals surface area contributed by atoms with Crippen molar-refractivity contribution in [2.24, 2.45) is 0 Å². The molecule has 1 fully saturated rings. The number of carbonyl (C=O) groups excluding carboxylic acids is 1. The maximum atomic E-state index is 12.6. The SMILES string of the molecule is CCN(CC)S(=O)(=O)c1ccc(/C=C/C(=O)N2CCN(CCc3ccccc3)CC2)cc1. The van der Waals surface area contributed by atoms with E-state index in [2.05, 4.69) is 29.2 Å². The second-order valence-electron chi connectivity index (χ2n) is 7.89. The highest BCUT2D eigenvalue weighted by Gasteiger charge is 2.21. The van der Waals surface area contributed by atoms with Crippen molar-refractivity contribution in [1.82, 2.24) is 14.1 Å². The van der Waals surface area contributed by atoms with Gasteiger partial charge in [0.1, 0.15) is 0 Å². The summed E-state index contributed by atoms with van der Waals surface area (Å²) in [5.41, 5.74) is 2.14. The van der Waals surface area contributed by atoms with Crippen LogP contribution >= 0.6 is 0 Å². The molecule has 0 aliphatic carbocycles. The van der Waals surface area contributed by atoms with Crippen LogP contribution in [0.3, 0.4) is 0 Å². The molecule has 1 saturated heterocycles. The summed E-state index contributed by atoms with van der Waals surface area (Å²) < 4.78 is 26.6. The third kappa shape index (κ3) is 6.28. The Morgan fingerprint density at radius 2 is 1.56 bits per heavy atom. The number of nitrogens with zero attached hydrogens (tertiary/aromatic N) is 3. The molecular formula is C25H33N3O3S. The van der Waals surface area contributed by atoms with E-state index in [4.69, 9.17) is 0 Å². The zero-order chi connectivity index (χ0) is 23.0. The lowest BCUT2D eigenvalue weighted by Gasteiger charge is -2.34. The number of piperazine rings is 1. The summed E-state index contributed by atoms with van der Waals surface area (Å²) in [7, 11) is -3.46. The first-order valence-corrected chi connectivity index (χ1v) is 12.7. The van der Waals surface area contributed by atoms with Gasteiger partial charge < -0.3 is 4.90 Å². The number of benzene rings is 2. The minimum absolute atomic E-state index is 0.00690. The largest absolute Gasteiger partial charge is 0.337 e. The van der Waals surface area contributed by atoms with Crippen LogP contribution in [0.2, 0.25) is 0 Å². The van der Waals surface area contributed by atoms with E-state index >= 15 is 0 Å². The van der Waals surface area contributed by atoms with Gasteiger partial charge in [-0.15, -0.1) is 0 Å². The van der Waals surface area contributed by atoms with Gasteiger partial charge in [0.05, 0.1) is 4.90 Å². The van der Waals surface area contributed by atoms with Gasteiger partial charge in [-0.1, -0.05) is 56.3 Å². The maximum absolute atomic E-state index is 12.6. The van der Waals surface area contributed by atoms with Crippen molar-refractivity contribution in [1.29, 1.82) is 0 Å². The molecule has 172 valence electrons. The lowest BCUT2D eigenvalue weighted by Crippen LogP contribution is -2.48. The van der Waals surface area contributed by atoms with E-state index in [1.807, 2.05) is 24.8 Å². The monoisotopic (exact) mass is 455 g/mol. The van der Waals surface area contributed by atoms with Crippen molar-refractivity contribution in [3.05, 3.63) is 71.8 Å². The molecule has 2 aromatic carbocycles. The Balaban J connectivity index is 1.49. The number of hydrogen-bond acceptors (Lipinski definition) is 4. The first kappa shape index (κ1) is 24.2. The molecule has 0 N–H and O–H groups in total. The Morgan fingerprint density at radius 3 is 2.16 bits per heavy atom. The van der Waals surface area contributed by atoms with Crippen LogP contribution in [0.5, 0.6) is 0 Å². The molecule has 0 radical (unpaired) electrons. The van der Waals surface area contributed by atoms with Gasteiger partial charge in [0.2, 0.25) is 15.9 Å². The first-order valence-electron chi connectivity index (χ1n) is 11.3. The van der Waals surface area contributed by atoms with Crippen molar-refractivity contribution >= 4 is 22.0 Å². The molecule has 6 nitrogen and oxygen atoms in total. The molecule has 1 aliphatic heterocycles. The predicted molar refractivity (Wildman–Crippen MR) is 129 cm³/mol. The minimum Gasteiger partial charge on any atom is -0.337 e. The molecule has 1 heterocycles. The number of amides is 1. The van der Waals surface area contributed by atoms with E-state index in [0.717, 1.165) is 44.7 Å². The second-order valence-corrected chi connectivity index (χ2v) is 9.83. The molecule has 1 amide bonds. The fourth-order valence-electron chi connectivity index (χ4n) is 3.86. The summed E-state index contributed by atoms with van der Waals surface area (Å²) in [5.74, 6) is -0.00690. The Labute approximate surface area is 192 Å². The molecular weight excluding hydrogens is 422 g/mol. The molecule has 0 atom stereocenters. The van der Waals surface area contributed by atoms with Gasteiger partial charge in [0.25, 0.3) is 0 Å². The van der Waals surface area contributed by atoms with Gasteiger partial charge in [-0.2, -0.15) is 4.31 Å². The fraction of sp³-hybridized carbons (Fsp3) is 0.400. The third-order valence-corrected chi connectivity index (χ3v) is 7.95. The molecule has 2 aromatic rings. The van der Waals surface area contributed by atoms with Crippen molar-refractivity contribution in [2.75, 3.05) is 45.8 Å². The average Bonchev–Trinajstić information content (AvgIpc) is 2.83. The van der Waals surface area contributed by atoms with Gasteiger partial charge in [-0.25, -0.2) is 8.42 Å². The highest BCUT2D eigenvalue weighted by Crippen LogP contribution is 2.17. The van der Waals surface area contributed by atoms with Gasteiger partial charge in [0.15, 0.2) is 0 Å². The second kappa shape index (κ2) is 11.4. The van der Waals surface area contributed by atoms with E-state index in [1.165, 1.54) is 9.87 Å². The van der Waals surface area contributed by atoms with Crippen LogP contribution in [0, 0.1) is 0 Å². The molecule has 0 bridgehead atoms. The smallest absolute Gasteiger partial charge is 0.246 e. The van der Waals surface area contributed by atoms with Crippen LogP contribution in [0.4, 0.5) is 0 Å². The van der Waals surface area contributed by atoms with E-state index in [9.17, 15) is 13.2 Å². The van der Waals surface area contributed by atoms with E-state index in [-0.39, 0.29) is 10.8 Å². The Morgan fingerprint density at radius 1 is 0.938 bits per heavy atom. The summed E-state index contributed by atoms with van der Waals surface area (Å²) in [6.45, 7) is 8.74. The standard InChI is InChI=1S/C25H33N3O3S/c1-3-28(4-2)32(30,31)24-13-10-23(11-14-24)12-15-25(29)27-20-18-26(19-21-27)17-16-22-8-6-5-7-9-22/h5-15H,3-4,16-21H2,1-2H3/b15-12+. The van der Waals surface area contributed by atoms with Gasteiger partial charge in [0, 0.05) is 51.9 Å². The topological polar surface area (TPSA) is 60.9 Å². The summed E-state index contributed by atoms with van der Waals surface area (Å²) >= 11 is 0. The summed E-state index contributed by atoms with van der Waals surface area (Å²) in [4.78, 5) is 17.1. The first-order chi connectivity index (χ1) is 15.4. The van der Waals surface area contributed by atoms with Crippen LogP contribution in [0.1, 0.15) is 25.0 Å². The molecule has 1 aliphatic rings. The summed E-state index contributed by atoms with van der Waals surface area (Å²) in [6, 6.07) is 17.1. The van der Waals surface area contributed by atoms with E-state index in [0.29, 0.717) is 13.1 Å². The van der Waals surface area contributed by atoms with Crippen LogP contribution in [0.25, 0.3) is 6.08 Å². The van der Waals surface area contributed by atoms with Crippen molar-refractivity contribution < 1.29 is 13.2 Å². The molecule has 0 aromatic heterocycles.